The highest BCUT2D eigenvalue weighted by molar-refractivity contribution is 8.00. The van der Waals surface area contributed by atoms with Crippen LogP contribution in [0.4, 0.5) is 0 Å². The number of hydrogen-bond donors (Lipinski definition) is 2. The fourth-order valence-electron chi connectivity index (χ4n) is 1.82. The van der Waals surface area contributed by atoms with Crippen molar-refractivity contribution in [2.45, 2.75) is 51.4 Å². The monoisotopic (exact) mass is 355 g/mol. The van der Waals surface area contributed by atoms with E-state index in [2.05, 4.69) is 60.7 Å². The van der Waals surface area contributed by atoms with Gasteiger partial charge in [-0.05, 0) is 55.7 Å². The second kappa shape index (κ2) is 18.4. The molecule has 0 saturated heterocycles. The first-order valence-electron chi connectivity index (χ1n) is 7.87. The molecular formula is C15H33NS4. The van der Waals surface area contributed by atoms with Crippen molar-refractivity contribution < 1.29 is 0 Å². The van der Waals surface area contributed by atoms with E-state index in [1.165, 1.54) is 74.6 Å². The van der Waals surface area contributed by atoms with Crippen LogP contribution in [0.1, 0.15) is 51.4 Å². The highest BCUT2D eigenvalue weighted by Gasteiger charge is 1.99. The molecule has 0 spiro atoms. The highest BCUT2D eigenvalue weighted by atomic mass is 32.2. The molecule has 0 atom stereocenters. The zero-order valence-corrected chi connectivity index (χ0v) is 16.5. The van der Waals surface area contributed by atoms with Gasteiger partial charge in [-0.25, -0.2) is 0 Å². The highest BCUT2D eigenvalue weighted by Crippen LogP contribution is 2.13. The summed E-state index contributed by atoms with van der Waals surface area (Å²) in [4.78, 5) is 2.44. The normalized spacial score (nSPS) is 11.4. The molecule has 0 aromatic carbocycles. The number of hydrogen-bond acceptors (Lipinski definition) is 5. The Morgan fingerprint density at radius 2 is 1.05 bits per heavy atom. The van der Waals surface area contributed by atoms with Crippen molar-refractivity contribution in [1.82, 2.24) is 4.90 Å². The summed E-state index contributed by atoms with van der Waals surface area (Å²) in [6.07, 6.45) is 10.7. The lowest BCUT2D eigenvalue weighted by atomic mass is 10.2. The van der Waals surface area contributed by atoms with Crippen LogP contribution in [0.15, 0.2) is 0 Å². The first-order chi connectivity index (χ1) is 9.81. The van der Waals surface area contributed by atoms with E-state index in [4.69, 9.17) is 0 Å². The number of thiol groups is 2. The van der Waals surface area contributed by atoms with E-state index < -0.39 is 0 Å². The van der Waals surface area contributed by atoms with Crippen LogP contribution in [0.25, 0.3) is 0 Å². The number of rotatable bonds is 16. The van der Waals surface area contributed by atoms with Crippen molar-refractivity contribution >= 4 is 48.8 Å². The van der Waals surface area contributed by atoms with Gasteiger partial charge < -0.3 is 0 Å². The minimum Gasteiger partial charge on any atom is -0.288 e. The minimum atomic E-state index is 1.04. The van der Waals surface area contributed by atoms with Gasteiger partial charge in [0.2, 0.25) is 0 Å². The minimum absolute atomic E-state index is 1.04. The van der Waals surface area contributed by atoms with Crippen molar-refractivity contribution in [1.29, 1.82) is 0 Å². The molecule has 5 heteroatoms. The molecule has 0 bridgehead atoms. The van der Waals surface area contributed by atoms with Gasteiger partial charge in [0.15, 0.2) is 0 Å². The van der Waals surface area contributed by atoms with E-state index in [1.807, 2.05) is 0 Å². The topological polar surface area (TPSA) is 3.24 Å². The largest absolute Gasteiger partial charge is 0.288 e. The molecule has 0 aliphatic rings. The fraction of sp³-hybridized carbons (Fsp3) is 1.00. The summed E-state index contributed by atoms with van der Waals surface area (Å²) in [5, 5.41) is 0. The Hall–Kier alpha value is 1.36. The maximum atomic E-state index is 4.24. The molecule has 20 heavy (non-hydrogen) atoms. The molecule has 0 radical (unpaired) electrons. The maximum absolute atomic E-state index is 4.24. The van der Waals surface area contributed by atoms with Gasteiger partial charge in [-0.15, -0.1) is 23.5 Å². The van der Waals surface area contributed by atoms with Gasteiger partial charge in [-0.3, -0.25) is 4.90 Å². The van der Waals surface area contributed by atoms with E-state index in [0.29, 0.717) is 0 Å². The third kappa shape index (κ3) is 17.4. The first kappa shape index (κ1) is 21.4. The lowest BCUT2D eigenvalue weighted by Gasteiger charge is -2.15. The van der Waals surface area contributed by atoms with Gasteiger partial charge in [-0.2, -0.15) is 25.3 Å². The predicted octanol–water partition coefficient (Wildman–Crippen LogP) is 5.28. The smallest absolute Gasteiger partial charge is 0.0449 e. The molecule has 0 aliphatic carbocycles. The van der Waals surface area contributed by atoms with Crippen LogP contribution in [0.5, 0.6) is 0 Å². The van der Waals surface area contributed by atoms with Crippen LogP contribution in [0.3, 0.4) is 0 Å². The summed E-state index contributed by atoms with van der Waals surface area (Å²) in [5.74, 6) is 7.07. The average molecular weight is 356 g/mol. The van der Waals surface area contributed by atoms with E-state index >= 15 is 0 Å². The molecule has 0 aromatic heterocycles. The summed E-state index contributed by atoms with van der Waals surface area (Å²) in [6.45, 7) is 0. The molecule has 1 nitrogen and oxygen atoms in total. The van der Waals surface area contributed by atoms with Crippen LogP contribution < -0.4 is 0 Å². The standard InChI is InChI=1S/C15H33NS4/c1-16(14-19-12-8-4-2-6-10-17)15-20-13-9-5-3-7-11-18/h17-18H,2-15H2,1H3. The van der Waals surface area contributed by atoms with E-state index in [1.54, 1.807) is 0 Å². The third-order valence-electron chi connectivity index (χ3n) is 3.02. The Balaban J connectivity index is 3.11. The van der Waals surface area contributed by atoms with E-state index in [9.17, 15) is 0 Å². The van der Waals surface area contributed by atoms with Crippen LogP contribution in [-0.4, -0.2) is 46.7 Å². The SMILES string of the molecule is CN(CSCCCCCCS)CSCCCCCCS. The van der Waals surface area contributed by atoms with E-state index in [-0.39, 0.29) is 0 Å². The molecule has 0 heterocycles. The molecule has 0 N–H and O–H groups in total. The number of thioether (sulfide) groups is 2. The Morgan fingerprint density at radius 3 is 1.45 bits per heavy atom. The van der Waals surface area contributed by atoms with Gasteiger partial charge in [-0.1, -0.05) is 25.7 Å². The molecule has 0 unspecified atom stereocenters. The van der Waals surface area contributed by atoms with Crippen LogP contribution in [0, 0.1) is 0 Å². The van der Waals surface area contributed by atoms with Crippen LogP contribution in [-0.2, 0) is 0 Å². The summed E-state index contributed by atoms with van der Waals surface area (Å²) in [5.41, 5.74) is 0. The zero-order chi connectivity index (χ0) is 14.9. The summed E-state index contributed by atoms with van der Waals surface area (Å²) >= 11 is 12.6. The molecule has 0 rings (SSSR count). The van der Waals surface area contributed by atoms with Gasteiger partial charge >= 0.3 is 0 Å². The predicted molar refractivity (Wildman–Crippen MR) is 107 cm³/mol. The molecule has 0 saturated carbocycles. The summed E-state index contributed by atoms with van der Waals surface area (Å²) in [7, 11) is 2.24. The van der Waals surface area contributed by atoms with Crippen molar-refractivity contribution in [3.05, 3.63) is 0 Å². The average Bonchev–Trinajstić information content (AvgIpc) is 2.45. The van der Waals surface area contributed by atoms with Gasteiger partial charge in [0, 0.05) is 11.8 Å². The Bertz CT molecular complexity index is 163. The lowest BCUT2D eigenvalue weighted by molar-refractivity contribution is 0.465. The molecule has 0 fully saturated rings. The van der Waals surface area contributed by atoms with Crippen molar-refractivity contribution in [3.8, 4) is 0 Å². The number of nitrogens with zero attached hydrogens (tertiary/aromatic N) is 1. The summed E-state index contributed by atoms with van der Waals surface area (Å²) < 4.78 is 0. The second-order valence-corrected chi connectivity index (χ2v) is 8.25. The van der Waals surface area contributed by atoms with Crippen LogP contribution in [0.2, 0.25) is 0 Å². The maximum Gasteiger partial charge on any atom is 0.0449 e. The first-order valence-corrected chi connectivity index (χ1v) is 11.4. The fourth-order valence-corrected chi connectivity index (χ4v) is 4.26. The second-order valence-electron chi connectivity index (χ2n) is 5.21. The van der Waals surface area contributed by atoms with Crippen molar-refractivity contribution in [2.24, 2.45) is 0 Å². The van der Waals surface area contributed by atoms with Crippen molar-refractivity contribution in [3.63, 3.8) is 0 Å². The molecule has 0 amide bonds. The number of unbranched alkanes of at least 4 members (excludes halogenated alkanes) is 6. The van der Waals surface area contributed by atoms with Crippen LogP contribution >= 0.6 is 48.8 Å². The van der Waals surface area contributed by atoms with Gasteiger partial charge in [0.05, 0.1) is 0 Å². The van der Waals surface area contributed by atoms with E-state index in [0.717, 1.165) is 11.5 Å². The summed E-state index contributed by atoms with van der Waals surface area (Å²) in [6, 6.07) is 0. The molecule has 0 aromatic rings. The Labute approximate surface area is 146 Å². The molecule has 122 valence electrons. The van der Waals surface area contributed by atoms with Gasteiger partial charge in [0.25, 0.3) is 0 Å². The van der Waals surface area contributed by atoms with Gasteiger partial charge in [0.1, 0.15) is 0 Å². The Kier molecular flexibility index (Phi) is 19.7. The third-order valence-corrected chi connectivity index (χ3v) is 6.05. The molecule has 0 aliphatic heterocycles. The quantitative estimate of drug-likeness (QED) is 0.220. The van der Waals surface area contributed by atoms with Crippen molar-refractivity contribution in [2.75, 3.05) is 41.8 Å². The zero-order valence-electron chi connectivity index (χ0n) is 13.1. The Morgan fingerprint density at radius 1 is 0.650 bits per heavy atom. The lowest BCUT2D eigenvalue weighted by Crippen LogP contribution is -2.17. The molecular weight excluding hydrogens is 322 g/mol.